The van der Waals surface area contributed by atoms with Gasteiger partial charge in [0.15, 0.2) is 5.78 Å². The Balaban J connectivity index is 1.81. The topological polar surface area (TPSA) is 29.1 Å². The van der Waals surface area contributed by atoms with E-state index in [-0.39, 0.29) is 0 Å². The second-order valence-corrected chi connectivity index (χ2v) is 5.52. The first-order valence-corrected chi connectivity index (χ1v) is 6.37. The molecule has 1 saturated heterocycles. The van der Waals surface area contributed by atoms with E-state index in [1.807, 2.05) is 19.1 Å². The molecular formula is C12H17NOS. The molecule has 1 aromatic rings. The molecular weight excluding hydrogens is 206 g/mol. The Bertz CT molecular complexity index is 339. The number of nitrogens with one attached hydrogen (secondary N) is 1. The predicted octanol–water partition coefficient (Wildman–Crippen LogP) is 2.63. The monoisotopic (exact) mass is 223 g/mol. The van der Waals surface area contributed by atoms with E-state index in [0.29, 0.717) is 12.2 Å². The zero-order chi connectivity index (χ0) is 10.7. The van der Waals surface area contributed by atoms with Crippen LogP contribution in [0.15, 0.2) is 12.1 Å². The third-order valence-corrected chi connectivity index (χ3v) is 4.00. The summed E-state index contributed by atoms with van der Waals surface area (Å²) in [5.74, 6) is 1.04. The average Bonchev–Trinajstić information content (AvgIpc) is 2.84. The van der Waals surface area contributed by atoms with Crippen LogP contribution in [0.5, 0.6) is 0 Å². The van der Waals surface area contributed by atoms with Gasteiger partial charge >= 0.3 is 0 Å². The molecule has 82 valence electrons. The minimum atomic E-state index is 0.319. The van der Waals surface area contributed by atoms with Crippen LogP contribution in [-0.2, 0) is 0 Å². The normalized spacial score (nSPS) is 20.7. The van der Waals surface area contributed by atoms with Crippen molar-refractivity contribution in [1.82, 2.24) is 5.32 Å². The number of carbonyl (C=O) groups excluding carboxylic acids is 1. The van der Waals surface area contributed by atoms with Gasteiger partial charge in [-0.3, -0.25) is 4.79 Å². The number of Topliss-reactive ketones (excluding diaryl/α,β-unsaturated/α-hetero) is 1. The summed E-state index contributed by atoms with van der Waals surface area (Å²) in [5, 5.41) is 3.33. The van der Waals surface area contributed by atoms with Crippen LogP contribution in [0, 0.1) is 12.8 Å². The SMILES string of the molecule is Cc1ccc(C(=O)CCC2CCNC2)s1. The second kappa shape index (κ2) is 4.90. The standard InChI is InChI=1S/C12H17NOS/c1-9-2-5-12(15-9)11(14)4-3-10-6-7-13-8-10/h2,5,10,13H,3-4,6-8H2,1H3. The highest BCUT2D eigenvalue weighted by molar-refractivity contribution is 7.14. The Morgan fingerprint density at radius 3 is 3.07 bits per heavy atom. The van der Waals surface area contributed by atoms with E-state index in [0.717, 1.165) is 30.3 Å². The zero-order valence-corrected chi connectivity index (χ0v) is 9.90. The van der Waals surface area contributed by atoms with E-state index in [1.165, 1.54) is 11.3 Å². The second-order valence-electron chi connectivity index (χ2n) is 4.23. The van der Waals surface area contributed by atoms with Crippen molar-refractivity contribution in [2.75, 3.05) is 13.1 Å². The molecule has 2 heterocycles. The minimum absolute atomic E-state index is 0.319. The van der Waals surface area contributed by atoms with Crippen LogP contribution in [0.4, 0.5) is 0 Å². The number of ketones is 1. The van der Waals surface area contributed by atoms with E-state index in [1.54, 1.807) is 11.3 Å². The molecule has 1 atom stereocenters. The van der Waals surface area contributed by atoms with Crippen molar-refractivity contribution in [2.45, 2.75) is 26.2 Å². The fourth-order valence-corrected chi connectivity index (χ4v) is 2.84. The summed E-state index contributed by atoms with van der Waals surface area (Å²) in [5.41, 5.74) is 0. The quantitative estimate of drug-likeness (QED) is 0.795. The summed E-state index contributed by atoms with van der Waals surface area (Å²) in [6.45, 7) is 4.26. The number of aryl methyl sites for hydroxylation is 1. The first-order chi connectivity index (χ1) is 7.25. The Labute approximate surface area is 94.7 Å². The number of hydrogen-bond acceptors (Lipinski definition) is 3. The lowest BCUT2D eigenvalue weighted by Crippen LogP contribution is -2.10. The Morgan fingerprint density at radius 2 is 2.47 bits per heavy atom. The highest BCUT2D eigenvalue weighted by Gasteiger charge is 2.16. The minimum Gasteiger partial charge on any atom is -0.316 e. The lowest BCUT2D eigenvalue weighted by molar-refractivity contribution is 0.0978. The van der Waals surface area contributed by atoms with Gasteiger partial charge in [-0.1, -0.05) is 0 Å². The molecule has 0 amide bonds. The van der Waals surface area contributed by atoms with Crippen LogP contribution < -0.4 is 5.32 Å². The predicted molar refractivity (Wildman–Crippen MR) is 63.6 cm³/mol. The van der Waals surface area contributed by atoms with Gasteiger partial charge in [-0.05, 0) is 50.9 Å². The zero-order valence-electron chi connectivity index (χ0n) is 9.08. The summed E-state index contributed by atoms with van der Waals surface area (Å²) in [4.78, 5) is 14.0. The first-order valence-electron chi connectivity index (χ1n) is 5.56. The van der Waals surface area contributed by atoms with Crippen molar-refractivity contribution >= 4 is 17.1 Å². The summed E-state index contributed by atoms with van der Waals surface area (Å²) >= 11 is 1.61. The molecule has 1 unspecified atom stereocenters. The first kappa shape index (κ1) is 10.8. The third-order valence-electron chi connectivity index (χ3n) is 2.96. The van der Waals surface area contributed by atoms with Crippen LogP contribution in [0.3, 0.4) is 0 Å². The van der Waals surface area contributed by atoms with Crippen LogP contribution in [0.1, 0.15) is 33.8 Å². The van der Waals surface area contributed by atoms with Gasteiger partial charge in [-0.25, -0.2) is 0 Å². The summed E-state index contributed by atoms with van der Waals surface area (Å²) in [6, 6.07) is 3.98. The maximum atomic E-state index is 11.8. The van der Waals surface area contributed by atoms with Gasteiger partial charge in [-0.15, -0.1) is 11.3 Å². The maximum absolute atomic E-state index is 11.8. The average molecular weight is 223 g/mol. The third kappa shape index (κ3) is 2.89. The number of rotatable bonds is 4. The van der Waals surface area contributed by atoms with E-state index < -0.39 is 0 Å². The smallest absolute Gasteiger partial charge is 0.172 e. The largest absolute Gasteiger partial charge is 0.316 e. The Kier molecular flexibility index (Phi) is 3.54. The molecule has 0 spiro atoms. The highest BCUT2D eigenvalue weighted by Crippen LogP contribution is 2.20. The number of thiophene rings is 1. The molecule has 0 saturated carbocycles. The Hall–Kier alpha value is -0.670. The molecule has 1 aromatic heterocycles. The van der Waals surface area contributed by atoms with Crippen LogP contribution in [0.2, 0.25) is 0 Å². The lowest BCUT2D eigenvalue weighted by Gasteiger charge is -2.05. The molecule has 0 radical (unpaired) electrons. The summed E-state index contributed by atoms with van der Waals surface area (Å²) in [6.07, 6.45) is 2.99. The molecule has 3 heteroatoms. The molecule has 2 rings (SSSR count). The maximum Gasteiger partial charge on any atom is 0.172 e. The van der Waals surface area contributed by atoms with Crippen molar-refractivity contribution in [3.8, 4) is 0 Å². The number of hydrogen-bond donors (Lipinski definition) is 1. The van der Waals surface area contributed by atoms with Crippen molar-refractivity contribution < 1.29 is 4.79 Å². The molecule has 15 heavy (non-hydrogen) atoms. The molecule has 1 N–H and O–H groups in total. The highest BCUT2D eigenvalue weighted by atomic mass is 32.1. The fraction of sp³-hybridized carbons (Fsp3) is 0.583. The van der Waals surface area contributed by atoms with Gasteiger partial charge < -0.3 is 5.32 Å². The van der Waals surface area contributed by atoms with E-state index in [4.69, 9.17) is 0 Å². The van der Waals surface area contributed by atoms with Crippen molar-refractivity contribution in [3.05, 3.63) is 21.9 Å². The van der Waals surface area contributed by atoms with Gasteiger partial charge in [0.2, 0.25) is 0 Å². The van der Waals surface area contributed by atoms with Crippen molar-refractivity contribution in [2.24, 2.45) is 5.92 Å². The van der Waals surface area contributed by atoms with Crippen LogP contribution >= 0.6 is 11.3 Å². The van der Waals surface area contributed by atoms with Gasteiger partial charge in [-0.2, -0.15) is 0 Å². The van der Waals surface area contributed by atoms with Crippen LogP contribution in [-0.4, -0.2) is 18.9 Å². The van der Waals surface area contributed by atoms with Crippen molar-refractivity contribution in [1.29, 1.82) is 0 Å². The molecule has 1 aliphatic heterocycles. The molecule has 1 fully saturated rings. The van der Waals surface area contributed by atoms with Gasteiger partial charge in [0.25, 0.3) is 0 Å². The summed E-state index contributed by atoms with van der Waals surface area (Å²) in [7, 11) is 0. The Morgan fingerprint density at radius 1 is 1.60 bits per heavy atom. The van der Waals surface area contributed by atoms with Crippen LogP contribution in [0.25, 0.3) is 0 Å². The van der Waals surface area contributed by atoms with Gasteiger partial charge in [0, 0.05) is 11.3 Å². The molecule has 2 nitrogen and oxygen atoms in total. The molecule has 0 bridgehead atoms. The van der Waals surface area contributed by atoms with Gasteiger partial charge in [0.05, 0.1) is 4.88 Å². The van der Waals surface area contributed by atoms with E-state index in [9.17, 15) is 4.79 Å². The van der Waals surface area contributed by atoms with Crippen molar-refractivity contribution in [3.63, 3.8) is 0 Å². The molecule has 0 aliphatic carbocycles. The number of carbonyl (C=O) groups is 1. The summed E-state index contributed by atoms with van der Waals surface area (Å²) < 4.78 is 0. The fourth-order valence-electron chi connectivity index (χ4n) is 2.00. The van der Waals surface area contributed by atoms with Gasteiger partial charge in [0.1, 0.15) is 0 Å². The molecule has 0 aromatic carbocycles. The van der Waals surface area contributed by atoms with E-state index in [2.05, 4.69) is 5.32 Å². The lowest BCUT2D eigenvalue weighted by atomic mass is 10.0. The van der Waals surface area contributed by atoms with E-state index >= 15 is 0 Å². The molecule has 1 aliphatic rings.